The van der Waals surface area contributed by atoms with E-state index in [-0.39, 0.29) is 0 Å². The van der Waals surface area contributed by atoms with Gasteiger partial charge < -0.3 is 9.47 Å². The molecule has 0 bridgehead atoms. The van der Waals surface area contributed by atoms with Crippen molar-refractivity contribution in [3.05, 3.63) is 78.4 Å². The van der Waals surface area contributed by atoms with Gasteiger partial charge in [-0.05, 0) is 46.7 Å². The van der Waals surface area contributed by atoms with Crippen LogP contribution < -0.4 is 9.47 Å². The standard InChI is InChI=1S/C20H16O3/c1-22-18-10-6-15(7-11-18)8-13-20(21)23-19-12-9-16-4-2-3-5-17(16)14-19/h2-14H,1H3. The molecule has 0 spiro atoms. The van der Waals surface area contributed by atoms with Crippen LogP contribution in [0.15, 0.2) is 72.8 Å². The highest BCUT2D eigenvalue weighted by Crippen LogP contribution is 2.20. The minimum absolute atomic E-state index is 0.406. The molecule has 0 saturated carbocycles. The van der Waals surface area contributed by atoms with Crippen molar-refractivity contribution in [2.45, 2.75) is 0 Å². The maximum Gasteiger partial charge on any atom is 0.336 e. The van der Waals surface area contributed by atoms with Crippen molar-refractivity contribution in [3.63, 3.8) is 0 Å². The Balaban J connectivity index is 1.68. The molecule has 3 aromatic rings. The highest BCUT2D eigenvalue weighted by molar-refractivity contribution is 5.90. The summed E-state index contributed by atoms with van der Waals surface area (Å²) in [4.78, 5) is 11.9. The predicted molar refractivity (Wildman–Crippen MR) is 91.6 cm³/mol. The Labute approximate surface area is 134 Å². The zero-order valence-corrected chi connectivity index (χ0v) is 12.7. The average Bonchev–Trinajstić information content (AvgIpc) is 2.60. The molecular formula is C20H16O3. The Hall–Kier alpha value is -3.07. The van der Waals surface area contributed by atoms with E-state index in [0.717, 1.165) is 22.1 Å². The molecule has 0 heterocycles. The van der Waals surface area contributed by atoms with E-state index in [1.807, 2.05) is 60.7 Å². The normalized spacial score (nSPS) is 10.8. The lowest BCUT2D eigenvalue weighted by molar-refractivity contribution is -0.128. The number of hydrogen-bond donors (Lipinski definition) is 0. The fourth-order valence-corrected chi connectivity index (χ4v) is 2.26. The van der Waals surface area contributed by atoms with E-state index >= 15 is 0 Å². The van der Waals surface area contributed by atoms with E-state index in [1.54, 1.807) is 19.3 Å². The number of methoxy groups -OCH3 is 1. The number of carbonyl (C=O) groups is 1. The highest BCUT2D eigenvalue weighted by atomic mass is 16.5. The Kier molecular flexibility index (Phi) is 4.39. The summed E-state index contributed by atoms with van der Waals surface area (Å²) in [6.07, 6.45) is 3.12. The molecule has 0 atom stereocenters. The zero-order valence-electron chi connectivity index (χ0n) is 12.7. The summed E-state index contributed by atoms with van der Waals surface area (Å²) in [6, 6.07) is 21.0. The molecule has 3 nitrogen and oxygen atoms in total. The summed E-state index contributed by atoms with van der Waals surface area (Å²) >= 11 is 0. The first-order chi connectivity index (χ1) is 11.2. The van der Waals surface area contributed by atoms with Crippen LogP contribution in [0.4, 0.5) is 0 Å². The molecule has 3 aromatic carbocycles. The van der Waals surface area contributed by atoms with Gasteiger partial charge in [0.2, 0.25) is 0 Å². The SMILES string of the molecule is COc1ccc(C=CC(=O)Oc2ccc3ccccc3c2)cc1. The molecule has 0 unspecified atom stereocenters. The van der Waals surface area contributed by atoms with E-state index in [9.17, 15) is 4.79 Å². The molecule has 0 aromatic heterocycles. The van der Waals surface area contributed by atoms with Crippen molar-refractivity contribution in [1.82, 2.24) is 0 Å². The lowest BCUT2D eigenvalue weighted by Crippen LogP contribution is -2.03. The summed E-state index contributed by atoms with van der Waals surface area (Å²) in [5, 5.41) is 2.15. The number of fused-ring (bicyclic) bond motifs is 1. The average molecular weight is 304 g/mol. The molecule has 3 rings (SSSR count). The Bertz CT molecular complexity index is 848. The number of esters is 1. The van der Waals surface area contributed by atoms with Gasteiger partial charge in [0, 0.05) is 6.08 Å². The minimum Gasteiger partial charge on any atom is -0.497 e. The number of ether oxygens (including phenoxy) is 2. The van der Waals surface area contributed by atoms with Crippen molar-refractivity contribution >= 4 is 22.8 Å². The molecule has 114 valence electrons. The van der Waals surface area contributed by atoms with Crippen LogP contribution in [0, 0.1) is 0 Å². The Morgan fingerprint density at radius 1 is 0.870 bits per heavy atom. The van der Waals surface area contributed by atoms with Crippen molar-refractivity contribution in [1.29, 1.82) is 0 Å². The van der Waals surface area contributed by atoms with Crippen molar-refractivity contribution < 1.29 is 14.3 Å². The van der Waals surface area contributed by atoms with Gasteiger partial charge in [0.1, 0.15) is 11.5 Å². The predicted octanol–water partition coefficient (Wildman–Crippen LogP) is 4.47. The van der Waals surface area contributed by atoms with Gasteiger partial charge in [0.25, 0.3) is 0 Å². The van der Waals surface area contributed by atoms with Crippen LogP contribution in [0.25, 0.3) is 16.8 Å². The Morgan fingerprint density at radius 2 is 1.57 bits per heavy atom. The Morgan fingerprint density at radius 3 is 2.30 bits per heavy atom. The lowest BCUT2D eigenvalue weighted by atomic mass is 10.1. The first-order valence-corrected chi connectivity index (χ1v) is 7.27. The molecule has 0 amide bonds. The summed E-state index contributed by atoms with van der Waals surface area (Å²) in [5.41, 5.74) is 0.904. The molecular weight excluding hydrogens is 288 g/mol. The van der Waals surface area contributed by atoms with E-state index in [1.165, 1.54) is 6.08 Å². The van der Waals surface area contributed by atoms with Crippen LogP contribution in [0.2, 0.25) is 0 Å². The van der Waals surface area contributed by atoms with Gasteiger partial charge in [-0.15, -0.1) is 0 Å². The molecule has 0 aliphatic rings. The molecule has 23 heavy (non-hydrogen) atoms. The van der Waals surface area contributed by atoms with E-state index in [2.05, 4.69) is 0 Å². The largest absolute Gasteiger partial charge is 0.497 e. The van der Waals surface area contributed by atoms with Gasteiger partial charge in [0.05, 0.1) is 7.11 Å². The van der Waals surface area contributed by atoms with Crippen LogP contribution in [-0.4, -0.2) is 13.1 Å². The fraction of sp³-hybridized carbons (Fsp3) is 0.0500. The van der Waals surface area contributed by atoms with Crippen molar-refractivity contribution in [2.24, 2.45) is 0 Å². The van der Waals surface area contributed by atoms with Crippen LogP contribution in [0.5, 0.6) is 11.5 Å². The van der Waals surface area contributed by atoms with Crippen LogP contribution in [-0.2, 0) is 4.79 Å². The van der Waals surface area contributed by atoms with E-state index in [0.29, 0.717) is 5.75 Å². The highest BCUT2D eigenvalue weighted by Gasteiger charge is 2.02. The molecule has 0 aliphatic carbocycles. The second-order valence-electron chi connectivity index (χ2n) is 5.04. The van der Waals surface area contributed by atoms with Crippen molar-refractivity contribution in [2.75, 3.05) is 7.11 Å². The third-order valence-corrected chi connectivity index (χ3v) is 3.47. The van der Waals surface area contributed by atoms with Crippen LogP contribution >= 0.6 is 0 Å². The topological polar surface area (TPSA) is 35.5 Å². The van der Waals surface area contributed by atoms with Gasteiger partial charge in [-0.2, -0.15) is 0 Å². The monoisotopic (exact) mass is 304 g/mol. The molecule has 0 fully saturated rings. The van der Waals surface area contributed by atoms with E-state index < -0.39 is 5.97 Å². The number of hydrogen-bond acceptors (Lipinski definition) is 3. The van der Waals surface area contributed by atoms with Crippen LogP contribution in [0.3, 0.4) is 0 Å². The van der Waals surface area contributed by atoms with Gasteiger partial charge in [0.15, 0.2) is 0 Å². The third-order valence-electron chi connectivity index (χ3n) is 3.47. The summed E-state index contributed by atoms with van der Waals surface area (Å²) in [7, 11) is 1.62. The number of rotatable bonds is 4. The minimum atomic E-state index is -0.406. The first-order valence-electron chi connectivity index (χ1n) is 7.27. The second kappa shape index (κ2) is 6.79. The third kappa shape index (κ3) is 3.77. The first kappa shape index (κ1) is 14.9. The summed E-state index contributed by atoms with van der Waals surface area (Å²) < 4.78 is 10.4. The maximum absolute atomic E-state index is 11.9. The fourth-order valence-electron chi connectivity index (χ4n) is 2.26. The summed E-state index contributed by atoms with van der Waals surface area (Å²) in [5.74, 6) is 0.907. The number of carbonyl (C=O) groups excluding carboxylic acids is 1. The van der Waals surface area contributed by atoms with Gasteiger partial charge in [-0.3, -0.25) is 0 Å². The molecule has 0 radical (unpaired) electrons. The second-order valence-corrected chi connectivity index (χ2v) is 5.04. The van der Waals surface area contributed by atoms with Gasteiger partial charge >= 0.3 is 5.97 Å². The van der Waals surface area contributed by atoms with Crippen molar-refractivity contribution in [3.8, 4) is 11.5 Å². The molecule has 0 saturated heterocycles. The van der Waals surface area contributed by atoms with Crippen LogP contribution in [0.1, 0.15) is 5.56 Å². The maximum atomic E-state index is 11.9. The van der Waals surface area contributed by atoms with E-state index in [4.69, 9.17) is 9.47 Å². The quantitative estimate of drug-likeness (QED) is 0.405. The lowest BCUT2D eigenvalue weighted by Gasteiger charge is -2.03. The van der Waals surface area contributed by atoms with Gasteiger partial charge in [-0.25, -0.2) is 4.79 Å². The molecule has 3 heteroatoms. The zero-order chi connectivity index (χ0) is 16.1. The number of benzene rings is 3. The van der Waals surface area contributed by atoms with Gasteiger partial charge in [-0.1, -0.05) is 42.5 Å². The molecule has 0 aliphatic heterocycles. The summed E-state index contributed by atoms with van der Waals surface area (Å²) in [6.45, 7) is 0. The molecule has 0 N–H and O–H groups in total. The smallest absolute Gasteiger partial charge is 0.336 e.